The van der Waals surface area contributed by atoms with Crippen LogP contribution in [0.15, 0.2) is 50.0 Å². The van der Waals surface area contributed by atoms with Gasteiger partial charge < -0.3 is 4.74 Å². The van der Waals surface area contributed by atoms with E-state index in [1.165, 1.54) is 6.26 Å². The normalized spacial score (nSPS) is 8.89. The number of rotatable bonds is 4. The highest BCUT2D eigenvalue weighted by molar-refractivity contribution is 5.12. The van der Waals surface area contributed by atoms with Gasteiger partial charge in [-0.15, -0.1) is 0 Å². The number of ether oxygens (including phenoxy) is 1. The number of hydrogen-bond donors (Lipinski definition) is 0. The Hall–Kier alpha value is -1.24. The molecule has 0 radical (unpaired) electrons. The van der Waals surface area contributed by atoms with Crippen molar-refractivity contribution in [3.8, 4) is 0 Å². The summed E-state index contributed by atoms with van der Waals surface area (Å²) in [5, 5.41) is 0. The first kappa shape index (κ1) is 7.76. The molecule has 48 valence electrons. The predicted octanol–water partition coefficient (Wildman–Crippen LogP) is 2.40. The molecule has 0 N–H and O–H groups in total. The molecule has 0 aliphatic heterocycles. The summed E-state index contributed by atoms with van der Waals surface area (Å²) in [6, 6.07) is 0. The van der Waals surface area contributed by atoms with Crippen LogP contribution in [0.2, 0.25) is 0 Å². The molecule has 1 nitrogen and oxygen atoms in total. The molecule has 0 bridgehead atoms. The lowest BCUT2D eigenvalue weighted by Crippen LogP contribution is -1.73. The van der Waals surface area contributed by atoms with Gasteiger partial charge in [0.15, 0.2) is 0 Å². The maximum Gasteiger partial charge on any atom is 0.119 e. The fraction of sp³-hybridized carbons (Fsp3) is 0. The minimum absolute atomic E-state index is 0.560. The van der Waals surface area contributed by atoms with Crippen molar-refractivity contribution in [2.75, 3.05) is 0 Å². The van der Waals surface area contributed by atoms with Gasteiger partial charge in [-0.05, 0) is 6.08 Å². The fourth-order valence-corrected chi connectivity index (χ4v) is 0.322. The summed E-state index contributed by atoms with van der Waals surface area (Å²) in [7, 11) is 0. The molecule has 0 rings (SSSR count). The summed E-state index contributed by atoms with van der Waals surface area (Å²) >= 11 is 0. The smallest absolute Gasteiger partial charge is 0.119 e. The Kier molecular flexibility index (Phi) is 4.23. The zero-order valence-electron chi connectivity index (χ0n) is 5.34. The van der Waals surface area contributed by atoms with E-state index in [2.05, 4.69) is 19.7 Å². The maximum atomic E-state index is 4.78. The van der Waals surface area contributed by atoms with Gasteiger partial charge >= 0.3 is 0 Å². The third-order valence-corrected chi connectivity index (χ3v) is 0.653. The van der Waals surface area contributed by atoms with Gasteiger partial charge in [-0.3, -0.25) is 0 Å². The molecule has 0 spiro atoms. The molecule has 0 aromatic carbocycles. The summed E-state index contributed by atoms with van der Waals surface area (Å²) < 4.78 is 4.78. The molecular weight excluding hydrogens is 112 g/mol. The zero-order valence-corrected chi connectivity index (χ0v) is 5.34. The SMILES string of the molecule is C=C/C=C\C(=C)OC=C. The Morgan fingerprint density at radius 3 is 2.44 bits per heavy atom. The van der Waals surface area contributed by atoms with Gasteiger partial charge in [0.25, 0.3) is 0 Å². The third kappa shape index (κ3) is 4.62. The lowest BCUT2D eigenvalue weighted by atomic mass is 10.4. The van der Waals surface area contributed by atoms with E-state index >= 15 is 0 Å². The van der Waals surface area contributed by atoms with Crippen LogP contribution in [0, 0.1) is 0 Å². The van der Waals surface area contributed by atoms with Crippen molar-refractivity contribution in [3.05, 3.63) is 50.0 Å². The summed E-state index contributed by atoms with van der Waals surface area (Å²) in [6.45, 7) is 10.4. The summed E-state index contributed by atoms with van der Waals surface area (Å²) in [4.78, 5) is 0. The highest BCUT2D eigenvalue weighted by atomic mass is 16.5. The van der Waals surface area contributed by atoms with Crippen molar-refractivity contribution in [1.29, 1.82) is 0 Å². The molecule has 0 atom stereocenters. The number of allylic oxidation sites excluding steroid dienone is 3. The molecule has 0 aliphatic carbocycles. The summed E-state index contributed by atoms with van der Waals surface area (Å²) in [6.07, 6.45) is 6.42. The van der Waals surface area contributed by atoms with Crippen molar-refractivity contribution in [1.82, 2.24) is 0 Å². The van der Waals surface area contributed by atoms with Crippen molar-refractivity contribution < 1.29 is 4.74 Å². The first-order valence-electron chi connectivity index (χ1n) is 2.57. The molecule has 0 unspecified atom stereocenters. The van der Waals surface area contributed by atoms with E-state index in [9.17, 15) is 0 Å². The third-order valence-electron chi connectivity index (χ3n) is 0.653. The Morgan fingerprint density at radius 1 is 1.33 bits per heavy atom. The monoisotopic (exact) mass is 122 g/mol. The molecule has 0 fully saturated rings. The molecule has 1 heteroatoms. The minimum Gasteiger partial charge on any atom is -0.466 e. The van der Waals surface area contributed by atoms with E-state index in [0.717, 1.165) is 0 Å². The van der Waals surface area contributed by atoms with E-state index in [0.29, 0.717) is 5.76 Å². The standard InChI is InChI=1S/C8H10O/c1-4-6-7-8(3)9-5-2/h4-7H,1-3H2/b7-6-. The Balaban J connectivity index is 3.61. The van der Waals surface area contributed by atoms with E-state index in [1.54, 1.807) is 18.2 Å². The molecule has 0 aromatic heterocycles. The molecule has 0 heterocycles. The van der Waals surface area contributed by atoms with Crippen LogP contribution in [-0.2, 0) is 4.74 Å². The largest absolute Gasteiger partial charge is 0.466 e. The predicted molar refractivity (Wildman–Crippen MR) is 39.8 cm³/mol. The number of hydrogen-bond acceptors (Lipinski definition) is 1. The minimum atomic E-state index is 0.560. The van der Waals surface area contributed by atoms with Gasteiger partial charge in [-0.25, -0.2) is 0 Å². The lowest BCUT2D eigenvalue weighted by Gasteiger charge is -1.93. The van der Waals surface area contributed by atoms with E-state index in [1.807, 2.05) is 0 Å². The highest BCUT2D eigenvalue weighted by Crippen LogP contribution is 1.94. The average molecular weight is 122 g/mol. The molecule has 0 amide bonds. The van der Waals surface area contributed by atoms with Crippen LogP contribution in [0.5, 0.6) is 0 Å². The first-order valence-corrected chi connectivity index (χ1v) is 2.57. The van der Waals surface area contributed by atoms with Crippen molar-refractivity contribution in [2.45, 2.75) is 0 Å². The molecule has 0 saturated heterocycles. The van der Waals surface area contributed by atoms with Crippen LogP contribution in [0.1, 0.15) is 0 Å². The van der Waals surface area contributed by atoms with Crippen LogP contribution in [0.25, 0.3) is 0 Å². The molecule has 0 aromatic rings. The van der Waals surface area contributed by atoms with Gasteiger partial charge in [0, 0.05) is 0 Å². The Bertz CT molecular complexity index is 143. The van der Waals surface area contributed by atoms with Gasteiger partial charge in [0.1, 0.15) is 5.76 Å². The molecule has 0 aliphatic rings. The van der Waals surface area contributed by atoms with Crippen molar-refractivity contribution in [3.63, 3.8) is 0 Å². The fourth-order valence-electron chi connectivity index (χ4n) is 0.322. The second-order valence-electron chi connectivity index (χ2n) is 1.35. The quantitative estimate of drug-likeness (QED) is 0.411. The van der Waals surface area contributed by atoms with E-state index in [-0.39, 0.29) is 0 Å². The van der Waals surface area contributed by atoms with Crippen molar-refractivity contribution >= 4 is 0 Å². The Morgan fingerprint density at radius 2 is 2.00 bits per heavy atom. The van der Waals surface area contributed by atoms with Gasteiger partial charge in [0.05, 0.1) is 6.26 Å². The topological polar surface area (TPSA) is 9.23 Å². The van der Waals surface area contributed by atoms with Crippen LogP contribution in [0.4, 0.5) is 0 Å². The molecule has 0 saturated carbocycles. The van der Waals surface area contributed by atoms with Crippen LogP contribution in [0.3, 0.4) is 0 Å². The summed E-state index contributed by atoms with van der Waals surface area (Å²) in [5.41, 5.74) is 0. The summed E-state index contributed by atoms with van der Waals surface area (Å²) in [5.74, 6) is 0.560. The zero-order chi connectivity index (χ0) is 7.11. The lowest BCUT2D eigenvalue weighted by molar-refractivity contribution is 0.372. The van der Waals surface area contributed by atoms with Gasteiger partial charge in [0.2, 0.25) is 0 Å². The van der Waals surface area contributed by atoms with E-state index in [4.69, 9.17) is 4.74 Å². The van der Waals surface area contributed by atoms with Crippen LogP contribution < -0.4 is 0 Å². The molecular formula is C8H10O. The van der Waals surface area contributed by atoms with Gasteiger partial charge in [-0.1, -0.05) is 31.9 Å². The van der Waals surface area contributed by atoms with Crippen molar-refractivity contribution in [2.24, 2.45) is 0 Å². The second kappa shape index (κ2) is 4.91. The Labute approximate surface area is 55.6 Å². The molecule has 9 heavy (non-hydrogen) atoms. The first-order chi connectivity index (χ1) is 4.31. The maximum absolute atomic E-state index is 4.78. The van der Waals surface area contributed by atoms with Crippen LogP contribution >= 0.6 is 0 Å². The van der Waals surface area contributed by atoms with E-state index < -0.39 is 0 Å². The highest BCUT2D eigenvalue weighted by Gasteiger charge is 1.78. The average Bonchev–Trinajstić information content (AvgIpc) is 1.85. The van der Waals surface area contributed by atoms with Crippen LogP contribution in [-0.4, -0.2) is 0 Å². The second-order valence-corrected chi connectivity index (χ2v) is 1.35. The van der Waals surface area contributed by atoms with Gasteiger partial charge in [-0.2, -0.15) is 0 Å².